The predicted molar refractivity (Wildman–Crippen MR) is 132 cm³/mol. The van der Waals surface area contributed by atoms with Gasteiger partial charge in [0.2, 0.25) is 5.91 Å². The van der Waals surface area contributed by atoms with Gasteiger partial charge in [0.15, 0.2) is 5.13 Å². The molecule has 32 heavy (non-hydrogen) atoms. The van der Waals surface area contributed by atoms with Crippen molar-refractivity contribution in [2.24, 2.45) is 0 Å². The molecule has 0 saturated heterocycles. The van der Waals surface area contributed by atoms with Crippen molar-refractivity contribution in [1.82, 2.24) is 9.88 Å². The fraction of sp³-hybridized carbons (Fsp3) is 0.231. The highest BCUT2D eigenvalue weighted by atomic mass is 32.1. The predicted octanol–water partition coefficient (Wildman–Crippen LogP) is 5.03. The van der Waals surface area contributed by atoms with E-state index in [4.69, 9.17) is 9.72 Å². The first-order valence-corrected chi connectivity index (χ1v) is 11.4. The number of carbonyl (C=O) groups is 1. The maximum absolute atomic E-state index is 14.1. The fourth-order valence-corrected chi connectivity index (χ4v) is 4.64. The molecule has 1 amide bonds. The summed E-state index contributed by atoms with van der Waals surface area (Å²) in [5.41, 5.74) is 2.78. The van der Waals surface area contributed by atoms with E-state index in [9.17, 15) is 4.79 Å². The van der Waals surface area contributed by atoms with Crippen LogP contribution in [0.1, 0.15) is 17.0 Å². The summed E-state index contributed by atoms with van der Waals surface area (Å²) in [6.07, 6.45) is 0. The average Bonchev–Trinajstić information content (AvgIpc) is 3.23. The van der Waals surface area contributed by atoms with Gasteiger partial charge in [0.05, 0.1) is 23.2 Å². The zero-order valence-corrected chi connectivity index (χ0v) is 19.4. The Kier molecular flexibility index (Phi) is 6.83. The van der Waals surface area contributed by atoms with E-state index < -0.39 is 5.92 Å². The molecule has 1 heterocycles. The zero-order valence-electron chi connectivity index (χ0n) is 18.6. The molecule has 0 saturated carbocycles. The molecule has 164 valence electrons. The van der Waals surface area contributed by atoms with Gasteiger partial charge in [-0.25, -0.2) is 4.98 Å². The Morgan fingerprint density at radius 2 is 1.56 bits per heavy atom. The van der Waals surface area contributed by atoms with E-state index in [1.165, 1.54) is 11.3 Å². The van der Waals surface area contributed by atoms with Crippen LogP contribution >= 0.6 is 11.3 Å². The number of hydrogen-bond acceptors (Lipinski definition) is 5. The van der Waals surface area contributed by atoms with Crippen LogP contribution in [0.2, 0.25) is 0 Å². The molecule has 0 atom stereocenters. The largest absolute Gasteiger partial charge is 0.497 e. The van der Waals surface area contributed by atoms with Crippen LogP contribution in [-0.2, 0) is 4.79 Å². The van der Waals surface area contributed by atoms with E-state index in [2.05, 4.69) is 4.90 Å². The highest BCUT2D eigenvalue weighted by molar-refractivity contribution is 7.22. The number of benzene rings is 3. The number of nitrogens with zero attached hydrogens (tertiary/aromatic N) is 3. The first kappa shape index (κ1) is 22.0. The van der Waals surface area contributed by atoms with Gasteiger partial charge in [0.25, 0.3) is 0 Å². The first-order chi connectivity index (χ1) is 15.6. The third-order valence-corrected chi connectivity index (χ3v) is 6.42. The van der Waals surface area contributed by atoms with Gasteiger partial charge in [0.1, 0.15) is 5.75 Å². The standard InChI is InChI=1S/C26H27N3O2S/c1-28(2)16-17-29(26-27-22-18-21(31-3)14-15-23(22)32-26)25(30)24(19-10-6-4-7-11-19)20-12-8-5-9-13-20/h4-15,18,24H,16-17H2,1-3H3. The topological polar surface area (TPSA) is 45.7 Å². The minimum atomic E-state index is -0.402. The lowest BCUT2D eigenvalue weighted by Gasteiger charge is -2.27. The summed E-state index contributed by atoms with van der Waals surface area (Å²) in [5, 5.41) is 0.706. The van der Waals surface area contributed by atoms with Crippen LogP contribution < -0.4 is 9.64 Å². The molecule has 3 aromatic carbocycles. The van der Waals surface area contributed by atoms with E-state index in [0.29, 0.717) is 11.7 Å². The minimum absolute atomic E-state index is 0.0234. The minimum Gasteiger partial charge on any atom is -0.497 e. The number of ether oxygens (including phenoxy) is 1. The van der Waals surface area contributed by atoms with E-state index in [0.717, 1.165) is 33.6 Å². The van der Waals surface area contributed by atoms with Gasteiger partial charge in [-0.3, -0.25) is 9.69 Å². The van der Waals surface area contributed by atoms with Crippen LogP contribution in [-0.4, -0.2) is 50.1 Å². The highest BCUT2D eigenvalue weighted by Gasteiger charge is 2.30. The molecule has 4 rings (SSSR count). The second kappa shape index (κ2) is 9.94. The second-order valence-electron chi connectivity index (χ2n) is 7.88. The van der Waals surface area contributed by atoms with E-state index in [-0.39, 0.29) is 5.91 Å². The summed E-state index contributed by atoms with van der Waals surface area (Å²) in [4.78, 5) is 22.8. The molecule has 0 aliphatic carbocycles. The van der Waals surface area contributed by atoms with Crippen molar-refractivity contribution in [1.29, 1.82) is 0 Å². The normalized spacial score (nSPS) is 11.3. The lowest BCUT2D eigenvalue weighted by Crippen LogP contribution is -2.40. The van der Waals surface area contributed by atoms with Crippen molar-refractivity contribution in [2.45, 2.75) is 5.92 Å². The van der Waals surface area contributed by atoms with Gasteiger partial charge in [-0.2, -0.15) is 0 Å². The quantitative estimate of drug-likeness (QED) is 0.382. The molecule has 4 aromatic rings. The van der Waals surface area contributed by atoms with Crippen LogP contribution in [0.5, 0.6) is 5.75 Å². The van der Waals surface area contributed by atoms with Crippen molar-refractivity contribution in [3.63, 3.8) is 0 Å². The van der Waals surface area contributed by atoms with Crippen molar-refractivity contribution < 1.29 is 9.53 Å². The molecule has 0 aliphatic rings. The van der Waals surface area contributed by atoms with Crippen molar-refractivity contribution >= 4 is 32.6 Å². The number of amides is 1. The summed E-state index contributed by atoms with van der Waals surface area (Å²) < 4.78 is 6.38. The molecule has 6 heteroatoms. The van der Waals surface area contributed by atoms with Crippen molar-refractivity contribution in [3.8, 4) is 5.75 Å². The molecular formula is C26H27N3O2S. The molecule has 0 fully saturated rings. The van der Waals surface area contributed by atoms with Crippen molar-refractivity contribution in [3.05, 3.63) is 90.0 Å². The maximum Gasteiger partial charge on any atom is 0.240 e. The highest BCUT2D eigenvalue weighted by Crippen LogP contribution is 2.34. The van der Waals surface area contributed by atoms with Crippen LogP contribution in [0.15, 0.2) is 78.9 Å². The van der Waals surface area contributed by atoms with Crippen LogP contribution in [0, 0.1) is 0 Å². The average molecular weight is 446 g/mol. The van der Waals surface area contributed by atoms with E-state index in [1.807, 2.05) is 97.9 Å². The summed E-state index contributed by atoms with van der Waals surface area (Å²) in [6, 6.07) is 25.8. The first-order valence-electron chi connectivity index (χ1n) is 10.6. The third kappa shape index (κ3) is 4.82. The molecule has 0 spiro atoms. The van der Waals surface area contributed by atoms with Crippen LogP contribution in [0.25, 0.3) is 10.2 Å². The Morgan fingerprint density at radius 1 is 0.938 bits per heavy atom. The number of aromatic nitrogens is 1. The molecular weight excluding hydrogens is 418 g/mol. The van der Waals surface area contributed by atoms with Gasteiger partial charge in [-0.1, -0.05) is 72.0 Å². The number of rotatable bonds is 8. The van der Waals surface area contributed by atoms with Crippen molar-refractivity contribution in [2.75, 3.05) is 39.2 Å². The number of anilines is 1. The molecule has 0 aliphatic heterocycles. The monoisotopic (exact) mass is 445 g/mol. The molecule has 5 nitrogen and oxygen atoms in total. The third-order valence-electron chi connectivity index (χ3n) is 5.36. The zero-order chi connectivity index (χ0) is 22.5. The fourth-order valence-electron chi connectivity index (χ4n) is 3.66. The summed E-state index contributed by atoms with van der Waals surface area (Å²) >= 11 is 1.53. The Balaban J connectivity index is 1.78. The number of likely N-dealkylation sites (N-methyl/N-ethyl adjacent to an activating group) is 1. The summed E-state index contributed by atoms with van der Waals surface area (Å²) in [7, 11) is 5.67. The second-order valence-corrected chi connectivity index (χ2v) is 8.89. The van der Waals surface area contributed by atoms with Gasteiger partial charge in [0, 0.05) is 19.2 Å². The maximum atomic E-state index is 14.1. The molecule has 0 unspecified atom stereocenters. The Hall–Kier alpha value is -3.22. The lowest BCUT2D eigenvalue weighted by molar-refractivity contribution is -0.119. The Labute approximate surface area is 192 Å². The number of methoxy groups -OCH3 is 1. The molecule has 0 radical (unpaired) electrons. The summed E-state index contributed by atoms with van der Waals surface area (Å²) in [5.74, 6) is 0.378. The van der Waals surface area contributed by atoms with E-state index in [1.54, 1.807) is 7.11 Å². The number of fused-ring (bicyclic) bond motifs is 1. The molecule has 0 N–H and O–H groups in total. The molecule has 1 aromatic heterocycles. The van der Waals surface area contributed by atoms with E-state index >= 15 is 0 Å². The Morgan fingerprint density at radius 3 is 2.12 bits per heavy atom. The number of thiazole rings is 1. The van der Waals surface area contributed by atoms with Gasteiger partial charge in [-0.15, -0.1) is 0 Å². The number of hydrogen-bond donors (Lipinski definition) is 0. The Bertz CT molecular complexity index is 1140. The summed E-state index contributed by atoms with van der Waals surface area (Å²) in [6.45, 7) is 1.29. The van der Waals surface area contributed by atoms with Gasteiger partial charge >= 0.3 is 0 Å². The molecule has 0 bridgehead atoms. The van der Waals surface area contributed by atoms with Gasteiger partial charge < -0.3 is 9.64 Å². The van der Waals surface area contributed by atoms with Gasteiger partial charge in [-0.05, 0) is 37.4 Å². The van der Waals surface area contributed by atoms with Crippen LogP contribution in [0.3, 0.4) is 0 Å². The lowest BCUT2D eigenvalue weighted by atomic mass is 9.90. The van der Waals surface area contributed by atoms with Crippen LogP contribution in [0.4, 0.5) is 5.13 Å². The number of carbonyl (C=O) groups excluding carboxylic acids is 1. The SMILES string of the molecule is COc1ccc2sc(N(CCN(C)C)C(=O)C(c3ccccc3)c3ccccc3)nc2c1. The smallest absolute Gasteiger partial charge is 0.240 e.